The zero-order valence-corrected chi connectivity index (χ0v) is 15.8. The van der Waals surface area contributed by atoms with Gasteiger partial charge in [0.25, 0.3) is 11.2 Å². The quantitative estimate of drug-likeness (QED) is 0.402. The molecule has 0 saturated carbocycles. The highest BCUT2D eigenvalue weighted by Gasteiger charge is 2.15. The van der Waals surface area contributed by atoms with Crippen molar-refractivity contribution in [2.75, 3.05) is 5.32 Å². The molecule has 2 aromatic carbocycles. The van der Waals surface area contributed by atoms with Crippen molar-refractivity contribution in [3.63, 3.8) is 0 Å². The highest BCUT2D eigenvalue weighted by molar-refractivity contribution is 7.17. The number of amides is 1. The Morgan fingerprint density at radius 2 is 1.86 bits per heavy atom. The van der Waals surface area contributed by atoms with Crippen LogP contribution in [0.5, 0.6) is 0 Å². The summed E-state index contributed by atoms with van der Waals surface area (Å²) in [4.78, 5) is 40.4. The number of thiophene rings is 1. The van der Waals surface area contributed by atoms with Crippen LogP contribution < -0.4 is 10.9 Å². The molecule has 4 rings (SSSR count). The first-order chi connectivity index (χ1) is 14.0. The zero-order chi connectivity index (χ0) is 20.4. The molecule has 144 valence electrons. The molecule has 0 fully saturated rings. The summed E-state index contributed by atoms with van der Waals surface area (Å²) >= 11 is 1.38. The summed E-state index contributed by atoms with van der Waals surface area (Å²) in [5.41, 5.74) is 1.73. The van der Waals surface area contributed by atoms with Crippen molar-refractivity contribution < 1.29 is 9.72 Å². The van der Waals surface area contributed by atoms with E-state index in [0.717, 1.165) is 11.1 Å². The number of non-ortho nitro benzene ring substituents is 1. The number of hydrogen-bond acceptors (Lipinski definition) is 6. The second kappa shape index (κ2) is 7.64. The van der Waals surface area contributed by atoms with Crippen molar-refractivity contribution in [3.8, 4) is 11.1 Å². The Kier molecular flexibility index (Phi) is 4.88. The molecule has 4 aromatic rings. The Morgan fingerprint density at radius 3 is 2.55 bits per heavy atom. The first-order valence-corrected chi connectivity index (χ1v) is 9.47. The minimum absolute atomic E-state index is 0.0697. The number of carbonyl (C=O) groups is 1. The molecule has 9 heteroatoms. The summed E-state index contributed by atoms with van der Waals surface area (Å²) < 4.78 is 1.25. The molecule has 0 spiro atoms. The maximum Gasteiger partial charge on any atom is 0.269 e. The van der Waals surface area contributed by atoms with Gasteiger partial charge in [-0.3, -0.25) is 24.3 Å². The first kappa shape index (κ1) is 18.5. The SMILES string of the molecule is O=C(Cn1cnc2scc(-c3ccccc3)c2c1=O)Nc1ccc([N+](=O)[O-])cc1. The van der Waals surface area contributed by atoms with E-state index in [1.165, 1.54) is 46.5 Å². The Hall–Kier alpha value is -3.85. The van der Waals surface area contributed by atoms with E-state index < -0.39 is 10.8 Å². The molecule has 0 atom stereocenters. The number of nitrogens with one attached hydrogen (secondary N) is 1. The molecule has 0 aliphatic carbocycles. The summed E-state index contributed by atoms with van der Waals surface area (Å²) in [6.45, 7) is -0.219. The molecule has 29 heavy (non-hydrogen) atoms. The number of hydrogen-bond donors (Lipinski definition) is 1. The second-order valence-electron chi connectivity index (χ2n) is 6.23. The lowest BCUT2D eigenvalue weighted by molar-refractivity contribution is -0.384. The van der Waals surface area contributed by atoms with Gasteiger partial charge in [0.05, 0.1) is 16.6 Å². The average Bonchev–Trinajstić information content (AvgIpc) is 3.16. The summed E-state index contributed by atoms with van der Waals surface area (Å²) in [6.07, 6.45) is 1.35. The minimum Gasteiger partial charge on any atom is -0.325 e. The summed E-state index contributed by atoms with van der Waals surface area (Å²) in [6, 6.07) is 15.0. The van der Waals surface area contributed by atoms with Crippen molar-refractivity contribution in [2.24, 2.45) is 0 Å². The van der Waals surface area contributed by atoms with Gasteiger partial charge in [0.15, 0.2) is 0 Å². The molecule has 2 heterocycles. The van der Waals surface area contributed by atoms with Gasteiger partial charge in [-0.05, 0) is 17.7 Å². The number of fused-ring (bicyclic) bond motifs is 1. The van der Waals surface area contributed by atoms with Crippen molar-refractivity contribution in [3.05, 3.63) is 86.8 Å². The number of anilines is 1. The van der Waals surface area contributed by atoms with Gasteiger partial charge in [0.2, 0.25) is 5.91 Å². The number of carbonyl (C=O) groups excluding carboxylic acids is 1. The van der Waals surface area contributed by atoms with E-state index >= 15 is 0 Å². The fourth-order valence-corrected chi connectivity index (χ4v) is 3.84. The van der Waals surface area contributed by atoms with Crippen LogP contribution in [0.25, 0.3) is 21.3 Å². The number of rotatable bonds is 5. The molecular weight excluding hydrogens is 392 g/mol. The van der Waals surface area contributed by atoms with Gasteiger partial charge >= 0.3 is 0 Å². The third-order valence-electron chi connectivity index (χ3n) is 4.32. The number of nitrogens with zero attached hydrogens (tertiary/aromatic N) is 3. The first-order valence-electron chi connectivity index (χ1n) is 8.59. The van der Waals surface area contributed by atoms with E-state index in [4.69, 9.17) is 0 Å². The number of benzene rings is 2. The Balaban J connectivity index is 1.59. The third kappa shape index (κ3) is 3.76. The third-order valence-corrected chi connectivity index (χ3v) is 5.21. The zero-order valence-electron chi connectivity index (χ0n) is 14.9. The number of nitro groups is 1. The normalized spacial score (nSPS) is 10.8. The topological polar surface area (TPSA) is 107 Å². The van der Waals surface area contributed by atoms with Crippen LogP contribution in [0, 0.1) is 10.1 Å². The van der Waals surface area contributed by atoms with Crippen LogP contribution in [0.4, 0.5) is 11.4 Å². The van der Waals surface area contributed by atoms with Gasteiger partial charge in [0.1, 0.15) is 11.4 Å². The van der Waals surface area contributed by atoms with E-state index in [-0.39, 0.29) is 17.8 Å². The van der Waals surface area contributed by atoms with Crippen molar-refractivity contribution in [1.29, 1.82) is 0 Å². The molecule has 0 radical (unpaired) electrons. The molecule has 8 nitrogen and oxygen atoms in total. The van der Waals surface area contributed by atoms with Crippen LogP contribution in [0.2, 0.25) is 0 Å². The smallest absolute Gasteiger partial charge is 0.269 e. The van der Waals surface area contributed by atoms with Crippen LogP contribution in [-0.2, 0) is 11.3 Å². The van der Waals surface area contributed by atoms with Crippen LogP contribution >= 0.6 is 11.3 Å². The largest absolute Gasteiger partial charge is 0.325 e. The van der Waals surface area contributed by atoms with E-state index in [0.29, 0.717) is 15.9 Å². The van der Waals surface area contributed by atoms with Crippen molar-refractivity contribution in [2.45, 2.75) is 6.54 Å². The molecule has 0 bridgehead atoms. The van der Waals surface area contributed by atoms with Gasteiger partial charge in [0, 0.05) is 28.8 Å². The second-order valence-corrected chi connectivity index (χ2v) is 7.08. The van der Waals surface area contributed by atoms with Crippen LogP contribution in [0.15, 0.2) is 71.1 Å². The number of aromatic nitrogens is 2. The van der Waals surface area contributed by atoms with E-state index in [2.05, 4.69) is 10.3 Å². The fraction of sp³-hybridized carbons (Fsp3) is 0.0500. The highest BCUT2D eigenvalue weighted by Crippen LogP contribution is 2.30. The predicted molar refractivity (Wildman–Crippen MR) is 111 cm³/mol. The lowest BCUT2D eigenvalue weighted by Gasteiger charge is -2.08. The molecule has 0 aliphatic heterocycles. The molecule has 1 amide bonds. The van der Waals surface area contributed by atoms with Gasteiger partial charge < -0.3 is 5.32 Å². The van der Waals surface area contributed by atoms with E-state index in [9.17, 15) is 19.7 Å². The molecule has 0 saturated heterocycles. The van der Waals surface area contributed by atoms with Gasteiger partial charge in [-0.25, -0.2) is 4.98 Å². The van der Waals surface area contributed by atoms with Gasteiger partial charge in [-0.2, -0.15) is 0 Å². The van der Waals surface area contributed by atoms with Crippen LogP contribution in [0.1, 0.15) is 0 Å². The lowest BCUT2D eigenvalue weighted by atomic mass is 10.1. The number of nitro benzene ring substituents is 1. The molecule has 0 unspecified atom stereocenters. The fourth-order valence-electron chi connectivity index (χ4n) is 2.93. The lowest BCUT2D eigenvalue weighted by Crippen LogP contribution is -2.27. The standard InChI is InChI=1S/C20H14N4O4S/c25-17(22-14-6-8-15(9-7-14)24(27)28)10-23-12-21-19-18(20(23)26)16(11-29-19)13-4-2-1-3-5-13/h1-9,11-12H,10H2,(H,22,25). The summed E-state index contributed by atoms with van der Waals surface area (Å²) in [5, 5.41) is 15.7. The molecule has 0 aliphatic rings. The molecule has 1 N–H and O–H groups in total. The van der Waals surface area contributed by atoms with Crippen LogP contribution in [0.3, 0.4) is 0 Å². The van der Waals surface area contributed by atoms with Gasteiger partial charge in [-0.1, -0.05) is 30.3 Å². The Labute approximate surface area is 168 Å². The van der Waals surface area contributed by atoms with Gasteiger partial charge in [-0.15, -0.1) is 11.3 Å². The maximum absolute atomic E-state index is 13.0. The Bertz CT molecular complexity index is 1260. The Morgan fingerprint density at radius 1 is 1.14 bits per heavy atom. The average molecular weight is 406 g/mol. The van der Waals surface area contributed by atoms with Crippen LogP contribution in [-0.4, -0.2) is 20.4 Å². The highest BCUT2D eigenvalue weighted by atomic mass is 32.1. The maximum atomic E-state index is 13.0. The predicted octanol–water partition coefficient (Wildman–Crippen LogP) is 3.67. The van der Waals surface area contributed by atoms with E-state index in [1.54, 1.807) is 0 Å². The van der Waals surface area contributed by atoms with E-state index in [1.807, 2.05) is 35.7 Å². The van der Waals surface area contributed by atoms with Crippen molar-refractivity contribution >= 4 is 38.8 Å². The summed E-state index contributed by atoms with van der Waals surface area (Å²) in [5.74, 6) is -0.432. The monoisotopic (exact) mass is 406 g/mol. The molecule has 2 aromatic heterocycles. The molecular formula is C20H14N4O4S. The summed E-state index contributed by atoms with van der Waals surface area (Å²) in [7, 11) is 0. The van der Waals surface area contributed by atoms with Crippen molar-refractivity contribution in [1.82, 2.24) is 9.55 Å². The minimum atomic E-state index is -0.517.